The van der Waals surface area contributed by atoms with Crippen molar-refractivity contribution in [3.05, 3.63) is 0 Å². The largest absolute Gasteiger partial charge is 0.481 e. The Bertz CT molecular complexity index is 316. The van der Waals surface area contributed by atoms with E-state index in [-0.39, 0.29) is 12.7 Å². The molecule has 1 saturated heterocycles. The molecule has 1 aliphatic heterocycles. The van der Waals surface area contributed by atoms with Crippen molar-refractivity contribution in [1.82, 2.24) is 0 Å². The number of carbonyl (C=O) groups is 3. The van der Waals surface area contributed by atoms with Gasteiger partial charge >= 0.3 is 17.9 Å². The lowest BCUT2D eigenvalue weighted by Gasteiger charge is -2.26. The quantitative estimate of drug-likeness (QED) is 0.474. The molecule has 0 spiro atoms. The molecule has 0 amide bonds. The lowest BCUT2D eigenvalue weighted by molar-refractivity contribution is -0.179. The highest BCUT2D eigenvalue weighted by Crippen LogP contribution is 2.24. The van der Waals surface area contributed by atoms with Gasteiger partial charge in [0.25, 0.3) is 0 Å². The molecular formula is C9H12O8. The Hall–Kier alpha value is -1.67. The normalized spacial score (nSPS) is 18.7. The first-order valence-corrected chi connectivity index (χ1v) is 4.78. The van der Waals surface area contributed by atoms with Crippen molar-refractivity contribution in [1.29, 1.82) is 0 Å². The first kappa shape index (κ1) is 13.4. The first-order valence-electron chi connectivity index (χ1n) is 4.78. The van der Waals surface area contributed by atoms with E-state index in [1.54, 1.807) is 0 Å². The fourth-order valence-electron chi connectivity index (χ4n) is 1.28. The topological polar surface area (TPSA) is 134 Å². The smallest absolute Gasteiger partial charge is 0.337 e. The van der Waals surface area contributed by atoms with E-state index in [4.69, 9.17) is 24.8 Å². The molecule has 0 aromatic carbocycles. The van der Waals surface area contributed by atoms with Crippen molar-refractivity contribution in [2.75, 3.05) is 13.2 Å². The lowest BCUT2D eigenvalue weighted by atomic mass is 9.95. The Labute approximate surface area is 95.7 Å². The van der Waals surface area contributed by atoms with Crippen LogP contribution in [0.3, 0.4) is 0 Å². The van der Waals surface area contributed by atoms with E-state index in [2.05, 4.69) is 0 Å². The Morgan fingerprint density at radius 1 is 1.18 bits per heavy atom. The molecule has 0 radical (unpaired) electrons. The number of aliphatic carboxylic acids is 3. The van der Waals surface area contributed by atoms with E-state index < -0.39 is 36.4 Å². The molecule has 1 fully saturated rings. The van der Waals surface area contributed by atoms with Crippen molar-refractivity contribution < 1.29 is 39.2 Å². The van der Waals surface area contributed by atoms with Crippen molar-refractivity contribution in [3.8, 4) is 0 Å². The molecule has 1 rings (SSSR count). The minimum atomic E-state index is -2.25. The van der Waals surface area contributed by atoms with Gasteiger partial charge in [-0.2, -0.15) is 0 Å². The number of ether oxygens (including phenoxy) is 2. The van der Waals surface area contributed by atoms with Gasteiger partial charge in [0, 0.05) is 0 Å². The maximum Gasteiger partial charge on any atom is 0.337 e. The monoisotopic (exact) mass is 248 g/mol. The van der Waals surface area contributed by atoms with Crippen LogP contribution >= 0.6 is 0 Å². The molecule has 0 aromatic heterocycles. The summed E-state index contributed by atoms with van der Waals surface area (Å²) in [6, 6.07) is 0. The molecule has 1 heterocycles. The van der Waals surface area contributed by atoms with Crippen LogP contribution in [0.4, 0.5) is 0 Å². The zero-order valence-electron chi connectivity index (χ0n) is 8.79. The van der Waals surface area contributed by atoms with E-state index in [0.29, 0.717) is 6.61 Å². The predicted molar refractivity (Wildman–Crippen MR) is 50.6 cm³/mol. The van der Waals surface area contributed by atoms with Crippen molar-refractivity contribution >= 4 is 17.9 Å². The molecular weight excluding hydrogens is 236 g/mol. The Balaban J connectivity index is 2.77. The lowest BCUT2D eigenvalue weighted by Crippen LogP contribution is -2.46. The third-order valence-corrected chi connectivity index (χ3v) is 2.21. The summed E-state index contributed by atoms with van der Waals surface area (Å²) < 4.78 is 9.73. The maximum atomic E-state index is 11.0. The van der Waals surface area contributed by atoms with Gasteiger partial charge in [0.05, 0.1) is 26.1 Å². The predicted octanol–water partition coefficient (Wildman–Crippen LogP) is -0.825. The van der Waals surface area contributed by atoms with Crippen LogP contribution < -0.4 is 0 Å². The maximum absolute atomic E-state index is 11.0. The van der Waals surface area contributed by atoms with Gasteiger partial charge in [-0.05, 0) is 0 Å². The standard InChI is InChI=1S/C9H12O8/c10-6(11)1-9(8(14)15,2-7(12)13)17-4-5-3-16-5/h5H,1-4H2,(H,10,11)(H,12,13)(H,14,15). The minimum absolute atomic E-state index is 0.132. The second kappa shape index (κ2) is 5.11. The van der Waals surface area contributed by atoms with Crippen molar-refractivity contribution in [2.45, 2.75) is 24.5 Å². The van der Waals surface area contributed by atoms with E-state index >= 15 is 0 Å². The summed E-state index contributed by atoms with van der Waals surface area (Å²) in [5.74, 6) is -4.49. The highest BCUT2D eigenvalue weighted by atomic mass is 16.6. The molecule has 17 heavy (non-hydrogen) atoms. The molecule has 0 bridgehead atoms. The second-order valence-electron chi connectivity index (χ2n) is 3.71. The van der Waals surface area contributed by atoms with E-state index in [0.717, 1.165) is 0 Å². The summed E-state index contributed by atoms with van der Waals surface area (Å²) in [5, 5.41) is 26.2. The molecule has 8 heteroatoms. The zero-order chi connectivity index (χ0) is 13.1. The van der Waals surface area contributed by atoms with Gasteiger partial charge in [-0.15, -0.1) is 0 Å². The molecule has 3 N–H and O–H groups in total. The van der Waals surface area contributed by atoms with Crippen LogP contribution in [0.2, 0.25) is 0 Å². The van der Waals surface area contributed by atoms with Crippen LogP contribution in [-0.2, 0) is 23.9 Å². The van der Waals surface area contributed by atoms with Gasteiger partial charge in [0.15, 0.2) is 5.60 Å². The van der Waals surface area contributed by atoms with Crippen LogP contribution in [0, 0.1) is 0 Å². The van der Waals surface area contributed by atoms with Crippen LogP contribution in [0.5, 0.6) is 0 Å². The van der Waals surface area contributed by atoms with Crippen molar-refractivity contribution in [3.63, 3.8) is 0 Å². The van der Waals surface area contributed by atoms with Gasteiger partial charge in [0.1, 0.15) is 6.10 Å². The molecule has 1 unspecified atom stereocenters. The summed E-state index contributed by atoms with van der Waals surface area (Å²) >= 11 is 0. The van der Waals surface area contributed by atoms with Crippen molar-refractivity contribution in [2.24, 2.45) is 0 Å². The van der Waals surface area contributed by atoms with Crippen LogP contribution in [0.1, 0.15) is 12.8 Å². The van der Waals surface area contributed by atoms with E-state index in [1.807, 2.05) is 0 Å². The average molecular weight is 248 g/mol. The summed E-state index contributed by atoms with van der Waals surface area (Å²) in [6.07, 6.45) is -2.11. The molecule has 0 aromatic rings. The average Bonchev–Trinajstić information content (AvgIpc) is 2.95. The second-order valence-corrected chi connectivity index (χ2v) is 3.71. The van der Waals surface area contributed by atoms with Gasteiger partial charge in [0.2, 0.25) is 0 Å². The van der Waals surface area contributed by atoms with E-state index in [9.17, 15) is 14.4 Å². The summed E-state index contributed by atoms with van der Waals surface area (Å²) in [7, 11) is 0. The highest BCUT2D eigenvalue weighted by Gasteiger charge is 2.45. The number of hydrogen-bond donors (Lipinski definition) is 3. The van der Waals surface area contributed by atoms with Crippen LogP contribution in [0.25, 0.3) is 0 Å². The van der Waals surface area contributed by atoms with Gasteiger partial charge < -0.3 is 24.8 Å². The number of hydrogen-bond acceptors (Lipinski definition) is 5. The number of carboxylic acids is 3. The first-order chi connectivity index (χ1) is 7.85. The molecule has 0 saturated carbocycles. The van der Waals surface area contributed by atoms with Gasteiger partial charge in [-0.3, -0.25) is 9.59 Å². The Kier molecular flexibility index (Phi) is 4.02. The zero-order valence-corrected chi connectivity index (χ0v) is 8.79. The highest BCUT2D eigenvalue weighted by molar-refractivity contribution is 5.88. The number of carboxylic acid groups (broad SMARTS) is 3. The fourth-order valence-corrected chi connectivity index (χ4v) is 1.28. The third kappa shape index (κ3) is 4.00. The van der Waals surface area contributed by atoms with Crippen LogP contribution in [0.15, 0.2) is 0 Å². The SMILES string of the molecule is O=C(O)CC(CC(=O)O)(OCC1CO1)C(=O)O. The number of rotatable bonds is 8. The fraction of sp³-hybridized carbons (Fsp3) is 0.667. The van der Waals surface area contributed by atoms with E-state index in [1.165, 1.54) is 0 Å². The summed E-state index contributed by atoms with van der Waals surface area (Å²) in [6.45, 7) is 0.267. The number of epoxide rings is 1. The Morgan fingerprint density at radius 2 is 1.65 bits per heavy atom. The molecule has 96 valence electrons. The molecule has 1 aliphatic rings. The van der Waals surface area contributed by atoms with Gasteiger partial charge in [-0.1, -0.05) is 0 Å². The Morgan fingerprint density at radius 3 is 1.94 bits per heavy atom. The molecule has 1 atom stereocenters. The summed E-state index contributed by atoms with van der Waals surface area (Å²) in [5.41, 5.74) is -2.25. The molecule has 8 nitrogen and oxygen atoms in total. The molecule has 0 aliphatic carbocycles. The van der Waals surface area contributed by atoms with Crippen LogP contribution in [-0.4, -0.2) is 58.1 Å². The summed E-state index contributed by atoms with van der Waals surface area (Å²) in [4.78, 5) is 32.2. The third-order valence-electron chi connectivity index (χ3n) is 2.21. The van der Waals surface area contributed by atoms with Gasteiger partial charge in [-0.25, -0.2) is 4.79 Å². The minimum Gasteiger partial charge on any atom is -0.481 e.